The Hall–Kier alpha value is -1.25. The topological polar surface area (TPSA) is 59.1 Å². The SMILES string of the molecule is Cc1ncc(O)cc1N. The summed E-state index contributed by atoms with van der Waals surface area (Å²) in [5.74, 6) is 0.109. The molecule has 0 spiro atoms. The third-order valence-electron chi connectivity index (χ3n) is 1.11. The summed E-state index contributed by atoms with van der Waals surface area (Å²) in [5.41, 5.74) is 6.66. The Kier molecular flexibility index (Phi) is 1.26. The molecule has 0 bridgehead atoms. The smallest absolute Gasteiger partial charge is 0.135 e. The highest BCUT2D eigenvalue weighted by molar-refractivity contribution is 5.45. The summed E-state index contributed by atoms with van der Waals surface area (Å²) in [6.45, 7) is 1.79. The number of pyridine rings is 1. The van der Waals surface area contributed by atoms with Crippen LogP contribution in [-0.2, 0) is 0 Å². The van der Waals surface area contributed by atoms with E-state index in [0.29, 0.717) is 5.69 Å². The highest BCUT2D eigenvalue weighted by atomic mass is 16.3. The highest BCUT2D eigenvalue weighted by Gasteiger charge is 1.93. The second kappa shape index (κ2) is 1.93. The summed E-state index contributed by atoms with van der Waals surface area (Å²) in [4.78, 5) is 3.80. The first-order valence-corrected chi connectivity index (χ1v) is 2.61. The summed E-state index contributed by atoms with van der Waals surface area (Å²) in [6.07, 6.45) is 1.37. The van der Waals surface area contributed by atoms with Gasteiger partial charge in [-0.3, -0.25) is 4.98 Å². The van der Waals surface area contributed by atoms with Gasteiger partial charge in [-0.2, -0.15) is 0 Å². The van der Waals surface area contributed by atoms with Crippen LogP contribution >= 0.6 is 0 Å². The maximum absolute atomic E-state index is 8.80. The molecule has 0 unspecified atom stereocenters. The largest absolute Gasteiger partial charge is 0.506 e. The molecule has 0 saturated heterocycles. The molecule has 0 aliphatic rings. The van der Waals surface area contributed by atoms with E-state index >= 15 is 0 Å². The lowest BCUT2D eigenvalue weighted by Gasteiger charge is -1.96. The molecular formula is C6H8N2O. The van der Waals surface area contributed by atoms with E-state index in [1.807, 2.05) is 0 Å². The second-order valence-corrected chi connectivity index (χ2v) is 1.87. The average molecular weight is 124 g/mol. The molecule has 1 heterocycles. The molecule has 0 fully saturated rings. The van der Waals surface area contributed by atoms with Crippen molar-refractivity contribution in [2.45, 2.75) is 6.92 Å². The molecular weight excluding hydrogens is 116 g/mol. The fraction of sp³-hybridized carbons (Fsp3) is 0.167. The normalized spacial score (nSPS) is 9.44. The van der Waals surface area contributed by atoms with Crippen LogP contribution in [0.3, 0.4) is 0 Å². The van der Waals surface area contributed by atoms with Gasteiger partial charge in [0.05, 0.1) is 17.6 Å². The number of nitrogen functional groups attached to an aromatic ring is 1. The third kappa shape index (κ3) is 1.10. The van der Waals surface area contributed by atoms with E-state index in [-0.39, 0.29) is 5.75 Å². The Bertz CT molecular complexity index is 222. The molecule has 1 aromatic rings. The van der Waals surface area contributed by atoms with Crippen LogP contribution < -0.4 is 5.73 Å². The van der Waals surface area contributed by atoms with Crippen molar-refractivity contribution >= 4 is 5.69 Å². The van der Waals surface area contributed by atoms with Gasteiger partial charge in [-0.25, -0.2) is 0 Å². The van der Waals surface area contributed by atoms with Crippen LogP contribution in [0.2, 0.25) is 0 Å². The van der Waals surface area contributed by atoms with E-state index in [1.54, 1.807) is 6.92 Å². The minimum atomic E-state index is 0.109. The number of rotatable bonds is 0. The third-order valence-corrected chi connectivity index (χ3v) is 1.11. The molecule has 0 aliphatic heterocycles. The maximum atomic E-state index is 8.80. The van der Waals surface area contributed by atoms with Crippen molar-refractivity contribution in [2.24, 2.45) is 0 Å². The van der Waals surface area contributed by atoms with Crippen molar-refractivity contribution < 1.29 is 5.11 Å². The van der Waals surface area contributed by atoms with Gasteiger partial charge in [0.15, 0.2) is 0 Å². The molecule has 0 aliphatic carbocycles. The van der Waals surface area contributed by atoms with E-state index in [9.17, 15) is 0 Å². The molecule has 0 aromatic carbocycles. The lowest BCUT2D eigenvalue weighted by atomic mass is 10.3. The number of nitrogens with zero attached hydrogens (tertiary/aromatic N) is 1. The van der Waals surface area contributed by atoms with E-state index in [1.165, 1.54) is 12.3 Å². The Morgan fingerprint density at radius 1 is 1.67 bits per heavy atom. The number of aromatic nitrogens is 1. The van der Waals surface area contributed by atoms with Gasteiger partial charge >= 0.3 is 0 Å². The molecule has 3 N–H and O–H groups in total. The Morgan fingerprint density at radius 3 is 2.78 bits per heavy atom. The number of aryl methyl sites for hydroxylation is 1. The Balaban J connectivity index is 3.17. The number of nitrogens with two attached hydrogens (primary N) is 1. The minimum absolute atomic E-state index is 0.109. The second-order valence-electron chi connectivity index (χ2n) is 1.87. The van der Waals surface area contributed by atoms with Gasteiger partial charge in [-0.05, 0) is 6.92 Å². The van der Waals surface area contributed by atoms with Gasteiger partial charge in [0, 0.05) is 6.07 Å². The zero-order valence-corrected chi connectivity index (χ0v) is 5.13. The van der Waals surface area contributed by atoms with Crippen LogP contribution in [0.1, 0.15) is 5.69 Å². The lowest BCUT2D eigenvalue weighted by Crippen LogP contribution is -1.90. The van der Waals surface area contributed by atoms with Gasteiger partial charge < -0.3 is 10.8 Å². The van der Waals surface area contributed by atoms with E-state index in [4.69, 9.17) is 10.8 Å². The first-order chi connectivity index (χ1) is 4.20. The summed E-state index contributed by atoms with van der Waals surface area (Å²) in [6, 6.07) is 1.47. The fourth-order valence-corrected chi connectivity index (χ4v) is 0.539. The number of anilines is 1. The molecule has 0 amide bonds. The molecule has 3 heteroatoms. The van der Waals surface area contributed by atoms with Crippen molar-refractivity contribution in [3.05, 3.63) is 18.0 Å². The zero-order chi connectivity index (χ0) is 6.85. The van der Waals surface area contributed by atoms with Crippen molar-refractivity contribution in [3.8, 4) is 5.75 Å². The van der Waals surface area contributed by atoms with E-state index in [0.717, 1.165) is 5.69 Å². The van der Waals surface area contributed by atoms with E-state index < -0.39 is 0 Å². The molecule has 0 radical (unpaired) electrons. The number of hydrogen-bond acceptors (Lipinski definition) is 3. The standard InChI is InChI=1S/C6H8N2O/c1-4-6(7)2-5(9)3-8-4/h2-3,9H,7H2,1H3. The molecule has 3 nitrogen and oxygen atoms in total. The van der Waals surface area contributed by atoms with Crippen LogP contribution in [0.15, 0.2) is 12.3 Å². The van der Waals surface area contributed by atoms with Crippen LogP contribution in [0.5, 0.6) is 5.75 Å². The van der Waals surface area contributed by atoms with Crippen molar-refractivity contribution in [3.63, 3.8) is 0 Å². The molecule has 9 heavy (non-hydrogen) atoms. The summed E-state index contributed by atoms with van der Waals surface area (Å²) >= 11 is 0. The number of aromatic hydroxyl groups is 1. The highest BCUT2D eigenvalue weighted by Crippen LogP contribution is 2.13. The van der Waals surface area contributed by atoms with Gasteiger partial charge in [0.25, 0.3) is 0 Å². The molecule has 0 atom stereocenters. The molecule has 48 valence electrons. The molecule has 1 rings (SSSR count). The van der Waals surface area contributed by atoms with Crippen LogP contribution in [0.4, 0.5) is 5.69 Å². The summed E-state index contributed by atoms with van der Waals surface area (Å²) < 4.78 is 0. The van der Waals surface area contributed by atoms with Gasteiger partial charge in [0.2, 0.25) is 0 Å². The van der Waals surface area contributed by atoms with Gasteiger partial charge in [-0.1, -0.05) is 0 Å². The van der Waals surface area contributed by atoms with E-state index in [2.05, 4.69) is 4.98 Å². The van der Waals surface area contributed by atoms with Crippen LogP contribution in [0.25, 0.3) is 0 Å². The minimum Gasteiger partial charge on any atom is -0.506 e. The fourth-order valence-electron chi connectivity index (χ4n) is 0.539. The average Bonchev–Trinajstić information content (AvgIpc) is 1.80. The van der Waals surface area contributed by atoms with Gasteiger partial charge in [0.1, 0.15) is 5.75 Å². The van der Waals surface area contributed by atoms with Crippen molar-refractivity contribution in [1.82, 2.24) is 4.98 Å². The van der Waals surface area contributed by atoms with Crippen molar-refractivity contribution in [1.29, 1.82) is 0 Å². The van der Waals surface area contributed by atoms with Crippen LogP contribution in [-0.4, -0.2) is 10.1 Å². The van der Waals surface area contributed by atoms with Crippen LogP contribution in [0, 0.1) is 6.92 Å². The lowest BCUT2D eigenvalue weighted by molar-refractivity contribution is 0.473. The summed E-state index contributed by atoms with van der Waals surface area (Å²) in [7, 11) is 0. The predicted octanol–water partition coefficient (Wildman–Crippen LogP) is 0.678. The predicted molar refractivity (Wildman–Crippen MR) is 35.1 cm³/mol. The van der Waals surface area contributed by atoms with Crippen molar-refractivity contribution in [2.75, 3.05) is 5.73 Å². The quantitative estimate of drug-likeness (QED) is 0.534. The summed E-state index contributed by atoms with van der Waals surface area (Å²) in [5, 5.41) is 8.80. The molecule has 0 saturated carbocycles. The monoisotopic (exact) mass is 124 g/mol. The van der Waals surface area contributed by atoms with Gasteiger partial charge in [-0.15, -0.1) is 0 Å². The zero-order valence-electron chi connectivity index (χ0n) is 5.13. The maximum Gasteiger partial charge on any atom is 0.135 e. The molecule has 1 aromatic heterocycles. The first-order valence-electron chi connectivity index (χ1n) is 2.61. The Labute approximate surface area is 53.2 Å². The number of hydrogen-bond donors (Lipinski definition) is 2. The first kappa shape index (κ1) is 5.88. The Morgan fingerprint density at radius 2 is 2.33 bits per heavy atom.